The predicted molar refractivity (Wildman–Crippen MR) is 121 cm³/mol. The number of carboxylic acid groups (broad SMARTS) is 1. The minimum atomic E-state index is -0.951. The quantitative estimate of drug-likeness (QED) is 0.620. The van der Waals surface area contributed by atoms with Gasteiger partial charge in [-0.25, -0.2) is 4.79 Å². The molecule has 1 aliphatic carbocycles. The number of ether oxygens (including phenoxy) is 1. The van der Waals surface area contributed by atoms with Crippen LogP contribution in [0.1, 0.15) is 43.7 Å². The van der Waals surface area contributed by atoms with E-state index in [4.69, 9.17) is 9.84 Å². The first-order chi connectivity index (χ1) is 15.3. The van der Waals surface area contributed by atoms with Crippen molar-refractivity contribution in [2.24, 2.45) is 5.92 Å². The van der Waals surface area contributed by atoms with Crippen molar-refractivity contribution in [1.29, 1.82) is 0 Å². The molecule has 3 rings (SSSR count). The molecule has 2 aromatic rings. The Labute approximate surface area is 188 Å². The molecule has 0 fully saturated rings. The largest absolute Gasteiger partial charge is 0.481 e. The first-order valence-electron chi connectivity index (χ1n) is 10.9. The number of benzene rings is 2. The number of hydrogen-bond donors (Lipinski definition) is 2. The average molecular weight is 439 g/mol. The molecule has 2 N–H and O–H groups in total. The third kappa shape index (κ3) is 5.28. The standard InChI is InChI=1S/C25H30N2O5/c1-4-17(13-23(28)27(3)14-16(2)24(29)30)26-25(31)32-15-22-20-11-7-5-9-18(20)19-10-6-8-12-21(19)22/h5-12,16-17,22H,4,13-15H2,1-3H3,(H,26,31)(H,29,30)/t16?,17-/m1/s1. The van der Waals surface area contributed by atoms with E-state index in [-0.39, 0.29) is 37.4 Å². The fraction of sp³-hybridized carbons (Fsp3) is 0.400. The molecule has 1 aliphatic rings. The van der Waals surface area contributed by atoms with Crippen LogP contribution < -0.4 is 5.32 Å². The van der Waals surface area contributed by atoms with Crippen LogP contribution in [0, 0.1) is 5.92 Å². The van der Waals surface area contributed by atoms with Crippen LogP contribution in [0.3, 0.4) is 0 Å². The fourth-order valence-electron chi connectivity index (χ4n) is 4.06. The first kappa shape index (κ1) is 23.3. The predicted octanol–water partition coefficient (Wildman–Crippen LogP) is 3.87. The van der Waals surface area contributed by atoms with E-state index in [1.54, 1.807) is 14.0 Å². The van der Waals surface area contributed by atoms with Gasteiger partial charge >= 0.3 is 12.1 Å². The number of rotatable bonds is 9. The highest BCUT2D eigenvalue weighted by atomic mass is 16.5. The Kier molecular flexibility index (Phi) is 7.51. The molecule has 0 saturated carbocycles. The number of nitrogens with zero attached hydrogens (tertiary/aromatic N) is 1. The lowest BCUT2D eigenvalue weighted by Gasteiger charge is -2.23. The molecule has 170 valence electrons. The zero-order chi connectivity index (χ0) is 23.3. The Morgan fingerprint density at radius 2 is 1.62 bits per heavy atom. The highest BCUT2D eigenvalue weighted by molar-refractivity contribution is 5.80. The van der Waals surface area contributed by atoms with Gasteiger partial charge in [-0.15, -0.1) is 0 Å². The maximum absolute atomic E-state index is 12.5. The molecule has 32 heavy (non-hydrogen) atoms. The van der Waals surface area contributed by atoms with Crippen LogP contribution in [-0.2, 0) is 14.3 Å². The van der Waals surface area contributed by atoms with Crippen LogP contribution in [0.25, 0.3) is 11.1 Å². The van der Waals surface area contributed by atoms with E-state index in [2.05, 4.69) is 29.6 Å². The lowest BCUT2D eigenvalue weighted by molar-refractivity contribution is -0.142. The van der Waals surface area contributed by atoms with Crippen LogP contribution in [-0.4, -0.2) is 54.2 Å². The van der Waals surface area contributed by atoms with Crippen molar-refractivity contribution in [1.82, 2.24) is 10.2 Å². The smallest absolute Gasteiger partial charge is 0.407 e. The molecule has 2 amide bonds. The summed E-state index contributed by atoms with van der Waals surface area (Å²) in [5.74, 6) is -1.85. The topological polar surface area (TPSA) is 95.9 Å². The number of nitrogens with one attached hydrogen (secondary N) is 1. The van der Waals surface area contributed by atoms with E-state index >= 15 is 0 Å². The van der Waals surface area contributed by atoms with Gasteiger partial charge in [0.15, 0.2) is 0 Å². The maximum Gasteiger partial charge on any atom is 0.407 e. The number of amides is 2. The Morgan fingerprint density at radius 1 is 1.06 bits per heavy atom. The normalized spacial score (nSPS) is 14.1. The molecule has 0 radical (unpaired) electrons. The Morgan fingerprint density at radius 3 is 2.16 bits per heavy atom. The monoisotopic (exact) mass is 438 g/mol. The van der Waals surface area contributed by atoms with Gasteiger partial charge < -0.3 is 20.1 Å². The maximum atomic E-state index is 12.5. The molecule has 0 aromatic heterocycles. The SMILES string of the molecule is CC[C@H](CC(=O)N(C)CC(C)C(=O)O)NC(=O)OCC1c2ccccc2-c2ccccc21. The number of carboxylic acids is 1. The minimum absolute atomic E-state index is 0.0292. The van der Waals surface area contributed by atoms with Gasteiger partial charge in [0.05, 0.1) is 5.92 Å². The summed E-state index contributed by atoms with van der Waals surface area (Å²) in [5.41, 5.74) is 4.59. The van der Waals surface area contributed by atoms with Crippen molar-refractivity contribution < 1.29 is 24.2 Å². The van der Waals surface area contributed by atoms with Gasteiger partial charge in [-0.3, -0.25) is 9.59 Å². The summed E-state index contributed by atoms with van der Waals surface area (Å²) >= 11 is 0. The van der Waals surface area contributed by atoms with Gasteiger partial charge in [0.25, 0.3) is 0 Å². The van der Waals surface area contributed by atoms with Gasteiger partial charge in [0.2, 0.25) is 5.91 Å². The highest BCUT2D eigenvalue weighted by Crippen LogP contribution is 2.44. The molecule has 0 saturated heterocycles. The molecule has 7 nitrogen and oxygen atoms in total. The molecule has 2 aromatic carbocycles. The second kappa shape index (κ2) is 10.3. The van der Waals surface area contributed by atoms with E-state index in [9.17, 15) is 14.4 Å². The van der Waals surface area contributed by atoms with E-state index in [0.29, 0.717) is 6.42 Å². The van der Waals surface area contributed by atoms with E-state index in [1.165, 1.54) is 4.90 Å². The van der Waals surface area contributed by atoms with E-state index in [0.717, 1.165) is 22.3 Å². The summed E-state index contributed by atoms with van der Waals surface area (Å²) in [7, 11) is 1.57. The van der Waals surface area contributed by atoms with Gasteiger partial charge in [-0.1, -0.05) is 62.4 Å². The van der Waals surface area contributed by atoms with Gasteiger partial charge in [0.1, 0.15) is 6.61 Å². The lowest BCUT2D eigenvalue weighted by atomic mass is 9.98. The molecule has 0 aliphatic heterocycles. The molecule has 0 spiro atoms. The fourth-order valence-corrected chi connectivity index (χ4v) is 4.06. The molecule has 2 atom stereocenters. The molecule has 1 unspecified atom stereocenters. The van der Waals surface area contributed by atoms with Crippen molar-refractivity contribution in [3.8, 4) is 11.1 Å². The number of fused-ring (bicyclic) bond motifs is 3. The minimum Gasteiger partial charge on any atom is -0.481 e. The number of hydrogen-bond acceptors (Lipinski definition) is 4. The van der Waals surface area contributed by atoms with E-state index < -0.39 is 18.0 Å². The zero-order valence-corrected chi connectivity index (χ0v) is 18.7. The van der Waals surface area contributed by atoms with Crippen molar-refractivity contribution in [3.05, 3.63) is 59.7 Å². The summed E-state index contributed by atoms with van der Waals surface area (Å²) in [5, 5.41) is 11.8. The molecule has 0 heterocycles. The van der Waals surface area contributed by atoms with Crippen LogP contribution >= 0.6 is 0 Å². The highest BCUT2D eigenvalue weighted by Gasteiger charge is 2.29. The Balaban J connectivity index is 1.56. The van der Waals surface area contributed by atoms with Crippen molar-refractivity contribution in [2.75, 3.05) is 20.2 Å². The molecular weight excluding hydrogens is 408 g/mol. The second-order valence-corrected chi connectivity index (χ2v) is 8.29. The summed E-state index contributed by atoms with van der Waals surface area (Å²) in [6, 6.07) is 15.9. The number of alkyl carbamates (subject to hydrolysis) is 1. The number of aliphatic carboxylic acids is 1. The summed E-state index contributed by atoms with van der Waals surface area (Å²) in [6.07, 6.45) is 0.0787. The lowest BCUT2D eigenvalue weighted by Crippen LogP contribution is -2.41. The summed E-state index contributed by atoms with van der Waals surface area (Å²) in [6.45, 7) is 3.76. The van der Waals surface area contributed by atoms with Crippen molar-refractivity contribution in [2.45, 2.75) is 38.6 Å². The molecule has 0 bridgehead atoms. The first-order valence-corrected chi connectivity index (χ1v) is 10.9. The van der Waals surface area contributed by atoms with Gasteiger partial charge in [-0.05, 0) is 28.7 Å². The van der Waals surface area contributed by atoms with Crippen molar-refractivity contribution in [3.63, 3.8) is 0 Å². The number of carbonyl (C=O) groups excluding carboxylic acids is 2. The molecular formula is C25H30N2O5. The van der Waals surface area contributed by atoms with Gasteiger partial charge in [0, 0.05) is 32.0 Å². The average Bonchev–Trinajstić information content (AvgIpc) is 3.10. The zero-order valence-electron chi connectivity index (χ0n) is 18.7. The summed E-state index contributed by atoms with van der Waals surface area (Å²) in [4.78, 5) is 37.3. The van der Waals surface area contributed by atoms with Crippen LogP contribution in [0.5, 0.6) is 0 Å². The third-order valence-electron chi connectivity index (χ3n) is 5.97. The Bertz CT molecular complexity index is 944. The second-order valence-electron chi connectivity index (χ2n) is 8.29. The van der Waals surface area contributed by atoms with Crippen LogP contribution in [0.4, 0.5) is 4.79 Å². The molecule has 7 heteroatoms. The van der Waals surface area contributed by atoms with Crippen LogP contribution in [0.15, 0.2) is 48.5 Å². The van der Waals surface area contributed by atoms with Gasteiger partial charge in [-0.2, -0.15) is 0 Å². The Hall–Kier alpha value is -3.35. The number of carbonyl (C=O) groups is 3. The van der Waals surface area contributed by atoms with Crippen molar-refractivity contribution >= 4 is 18.0 Å². The third-order valence-corrected chi connectivity index (χ3v) is 5.97. The van der Waals surface area contributed by atoms with E-state index in [1.807, 2.05) is 31.2 Å². The summed E-state index contributed by atoms with van der Waals surface area (Å²) < 4.78 is 5.56. The van der Waals surface area contributed by atoms with Crippen LogP contribution in [0.2, 0.25) is 0 Å².